The summed E-state index contributed by atoms with van der Waals surface area (Å²) in [6, 6.07) is 0.924. The summed E-state index contributed by atoms with van der Waals surface area (Å²) < 4.78 is 33.0. The van der Waals surface area contributed by atoms with Crippen LogP contribution in [0.5, 0.6) is 0 Å². The molecule has 0 aliphatic rings. The lowest BCUT2D eigenvalue weighted by Gasteiger charge is -2.40. The number of nitrogens with one attached hydrogen (secondary N) is 2. The van der Waals surface area contributed by atoms with Gasteiger partial charge in [0.1, 0.15) is 17.7 Å². The van der Waals surface area contributed by atoms with Crippen LogP contribution in [0.2, 0.25) is 0 Å². The second kappa shape index (κ2) is 13.3. The van der Waals surface area contributed by atoms with Crippen LogP contribution in [0.1, 0.15) is 67.9 Å². The lowest BCUT2D eigenvalue weighted by atomic mass is 9.76. The Kier molecular flexibility index (Phi) is 11.6. The quantitative estimate of drug-likeness (QED) is 0.324. The first-order chi connectivity index (χ1) is 17.4. The summed E-state index contributed by atoms with van der Waals surface area (Å²) in [5.74, 6) is -2.77. The Labute approximate surface area is 226 Å². The van der Waals surface area contributed by atoms with E-state index < -0.39 is 52.5 Å². The zero-order chi connectivity index (χ0) is 29.6. The van der Waals surface area contributed by atoms with Crippen molar-refractivity contribution in [1.29, 1.82) is 0 Å². The van der Waals surface area contributed by atoms with Gasteiger partial charge in [-0.3, -0.25) is 9.59 Å². The molecule has 0 saturated heterocycles. The zero-order valence-corrected chi connectivity index (χ0v) is 24.7. The standard InChI is InChI=1S/C29H45F2N3O4/c1-12-38-27(37)18(4)13-22(17(2)3)34(11)26(36)24(28(5,6)7)33-25(35)23(32-10)29(8,9)19-14-20(30)16-21(31)15-19/h13-17,22-24,32H,12H2,1-11H3,(H,33,35)/b18-13+/t22-,23?,24-/m1/s1. The Balaban J connectivity index is 3.35. The first-order valence-corrected chi connectivity index (χ1v) is 12.9. The van der Waals surface area contributed by atoms with E-state index in [0.717, 1.165) is 6.07 Å². The lowest BCUT2D eigenvalue weighted by molar-refractivity contribution is -0.141. The molecule has 1 aromatic rings. The number of likely N-dealkylation sites (N-methyl/N-ethyl adjacent to an activating group) is 2. The summed E-state index contributed by atoms with van der Waals surface area (Å²) >= 11 is 0. The van der Waals surface area contributed by atoms with Crippen molar-refractivity contribution < 1.29 is 27.9 Å². The molecule has 0 spiro atoms. The number of amides is 2. The molecule has 0 radical (unpaired) electrons. The number of benzene rings is 1. The number of ether oxygens (including phenoxy) is 1. The molecule has 2 amide bonds. The Bertz CT molecular complexity index is 1010. The number of halogens is 2. The maximum Gasteiger partial charge on any atom is 0.333 e. The van der Waals surface area contributed by atoms with Crippen molar-refractivity contribution in [1.82, 2.24) is 15.5 Å². The monoisotopic (exact) mass is 537 g/mol. The van der Waals surface area contributed by atoms with Crippen molar-refractivity contribution in [2.45, 2.75) is 85.9 Å². The average Bonchev–Trinajstić information content (AvgIpc) is 2.78. The number of carbonyl (C=O) groups excluding carboxylic acids is 3. The summed E-state index contributed by atoms with van der Waals surface area (Å²) in [6.07, 6.45) is 1.71. The SMILES string of the molecule is CCOC(=O)/C(C)=C/[C@H](C(C)C)N(C)C(=O)[C@@H](NC(=O)C(NC)C(C)(C)c1cc(F)cc(F)c1)C(C)(C)C. The van der Waals surface area contributed by atoms with Gasteiger partial charge in [0.25, 0.3) is 0 Å². The molecule has 0 heterocycles. The highest BCUT2D eigenvalue weighted by Gasteiger charge is 2.42. The second-order valence-electron chi connectivity index (χ2n) is 11.7. The van der Waals surface area contributed by atoms with Crippen molar-refractivity contribution in [2.75, 3.05) is 20.7 Å². The lowest BCUT2D eigenvalue weighted by Crippen LogP contribution is -2.61. The predicted molar refractivity (Wildman–Crippen MR) is 145 cm³/mol. The molecule has 38 heavy (non-hydrogen) atoms. The van der Waals surface area contributed by atoms with Gasteiger partial charge in [-0.05, 0) is 49.9 Å². The van der Waals surface area contributed by atoms with Crippen molar-refractivity contribution in [3.63, 3.8) is 0 Å². The number of nitrogens with zero attached hydrogens (tertiary/aromatic N) is 1. The number of rotatable bonds is 11. The van der Waals surface area contributed by atoms with Gasteiger partial charge in [-0.25, -0.2) is 13.6 Å². The molecule has 9 heteroatoms. The van der Waals surface area contributed by atoms with Crippen LogP contribution in [-0.4, -0.2) is 61.5 Å². The molecule has 1 rings (SSSR count). The van der Waals surface area contributed by atoms with Crippen LogP contribution in [0, 0.1) is 23.0 Å². The molecule has 214 valence electrons. The largest absolute Gasteiger partial charge is 0.463 e. The van der Waals surface area contributed by atoms with E-state index in [0.29, 0.717) is 11.1 Å². The van der Waals surface area contributed by atoms with E-state index in [1.165, 1.54) is 17.0 Å². The fourth-order valence-corrected chi connectivity index (χ4v) is 4.46. The number of hydrogen-bond donors (Lipinski definition) is 2. The van der Waals surface area contributed by atoms with Gasteiger partial charge in [0.05, 0.1) is 18.7 Å². The van der Waals surface area contributed by atoms with Crippen molar-refractivity contribution in [3.8, 4) is 0 Å². The van der Waals surface area contributed by atoms with E-state index in [2.05, 4.69) is 10.6 Å². The highest BCUT2D eigenvalue weighted by Crippen LogP contribution is 2.30. The molecule has 0 aliphatic heterocycles. The van der Waals surface area contributed by atoms with Crippen LogP contribution in [-0.2, 0) is 24.5 Å². The minimum absolute atomic E-state index is 0.0310. The summed E-state index contributed by atoms with van der Waals surface area (Å²) in [7, 11) is 3.22. The van der Waals surface area contributed by atoms with E-state index in [-0.39, 0.29) is 18.4 Å². The predicted octanol–water partition coefficient (Wildman–Crippen LogP) is 4.35. The molecule has 0 bridgehead atoms. The van der Waals surface area contributed by atoms with E-state index in [9.17, 15) is 23.2 Å². The third-order valence-electron chi connectivity index (χ3n) is 6.77. The molecular weight excluding hydrogens is 492 g/mol. The Hall–Kier alpha value is -2.81. The minimum Gasteiger partial charge on any atom is -0.463 e. The molecule has 2 N–H and O–H groups in total. The van der Waals surface area contributed by atoms with Gasteiger partial charge in [-0.15, -0.1) is 0 Å². The van der Waals surface area contributed by atoms with Crippen LogP contribution in [0.15, 0.2) is 29.8 Å². The number of esters is 1. The molecular formula is C29H45F2N3O4. The molecule has 0 saturated carbocycles. The van der Waals surface area contributed by atoms with Crippen LogP contribution < -0.4 is 10.6 Å². The molecule has 7 nitrogen and oxygen atoms in total. The van der Waals surface area contributed by atoms with Gasteiger partial charge in [-0.2, -0.15) is 0 Å². The average molecular weight is 538 g/mol. The van der Waals surface area contributed by atoms with E-state index in [4.69, 9.17) is 4.74 Å². The number of carbonyl (C=O) groups is 3. The van der Waals surface area contributed by atoms with E-state index >= 15 is 0 Å². The van der Waals surface area contributed by atoms with Crippen molar-refractivity contribution in [3.05, 3.63) is 47.0 Å². The Morgan fingerprint density at radius 1 is 1.03 bits per heavy atom. The Morgan fingerprint density at radius 3 is 1.97 bits per heavy atom. The highest BCUT2D eigenvalue weighted by atomic mass is 19.1. The fourth-order valence-electron chi connectivity index (χ4n) is 4.46. The minimum atomic E-state index is -1.01. The third kappa shape index (κ3) is 8.35. The summed E-state index contributed by atoms with van der Waals surface area (Å²) in [5, 5.41) is 5.84. The van der Waals surface area contributed by atoms with Crippen LogP contribution >= 0.6 is 0 Å². The van der Waals surface area contributed by atoms with E-state index in [1.54, 1.807) is 47.9 Å². The smallest absolute Gasteiger partial charge is 0.333 e. The zero-order valence-electron chi connectivity index (χ0n) is 24.7. The normalized spacial score (nSPS) is 15.1. The van der Waals surface area contributed by atoms with Gasteiger partial charge in [0.15, 0.2) is 0 Å². The van der Waals surface area contributed by atoms with Crippen molar-refractivity contribution >= 4 is 17.8 Å². The fraction of sp³-hybridized carbons (Fsp3) is 0.621. The first kappa shape index (κ1) is 33.2. The van der Waals surface area contributed by atoms with Crippen molar-refractivity contribution in [2.24, 2.45) is 11.3 Å². The summed E-state index contributed by atoms with van der Waals surface area (Å²) in [4.78, 5) is 41.1. The van der Waals surface area contributed by atoms with Gasteiger partial charge in [0.2, 0.25) is 11.8 Å². The molecule has 0 fully saturated rings. The maximum atomic E-state index is 14.0. The topological polar surface area (TPSA) is 87.7 Å². The molecule has 0 aliphatic carbocycles. The maximum absolute atomic E-state index is 14.0. The summed E-state index contributed by atoms with van der Waals surface area (Å²) in [5.41, 5.74) is -0.991. The van der Waals surface area contributed by atoms with Gasteiger partial charge >= 0.3 is 5.97 Å². The van der Waals surface area contributed by atoms with Crippen LogP contribution in [0.25, 0.3) is 0 Å². The molecule has 0 aromatic heterocycles. The molecule has 1 unspecified atom stereocenters. The second-order valence-corrected chi connectivity index (χ2v) is 11.7. The van der Waals surface area contributed by atoms with Crippen LogP contribution in [0.3, 0.4) is 0 Å². The molecule has 3 atom stereocenters. The molecule has 1 aromatic carbocycles. The highest BCUT2D eigenvalue weighted by molar-refractivity contribution is 5.92. The summed E-state index contributed by atoms with van der Waals surface area (Å²) in [6.45, 7) is 16.4. The van der Waals surface area contributed by atoms with Gasteiger partial charge in [0, 0.05) is 24.1 Å². The number of hydrogen-bond acceptors (Lipinski definition) is 5. The Morgan fingerprint density at radius 2 is 1.55 bits per heavy atom. The van der Waals surface area contributed by atoms with Gasteiger partial charge in [-0.1, -0.05) is 54.5 Å². The van der Waals surface area contributed by atoms with E-state index in [1.807, 2.05) is 34.6 Å². The van der Waals surface area contributed by atoms with Gasteiger partial charge < -0.3 is 20.3 Å². The first-order valence-electron chi connectivity index (χ1n) is 12.9. The van der Waals surface area contributed by atoms with Crippen LogP contribution in [0.4, 0.5) is 8.78 Å². The third-order valence-corrected chi connectivity index (χ3v) is 6.77.